The maximum absolute atomic E-state index is 4.01. The zero-order valence-electron chi connectivity index (χ0n) is 3.42. The third-order valence-electron chi connectivity index (χ3n) is 0.619. The molecule has 0 aromatic heterocycles. The SMILES string of the molecule is C1=CS[N]CC1. The van der Waals surface area contributed by atoms with Gasteiger partial charge in [-0.05, 0) is 23.8 Å². The predicted octanol–water partition coefficient (Wildman–Crippen LogP) is 1.16. The van der Waals surface area contributed by atoms with Crippen LogP contribution in [0.25, 0.3) is 0 Å². The lowest BCUT2D eigenvalue weighted by Crippen LogP contribution is -1.96. The Kier molecular flexibility index (Phi) is 1.59. The van der Waals surface area contributed by atoms with Crippen LogP contribution < -0.4 is 4.72 Å². The maximum atomic E-state index is 4.01. The minimum atomic E-state index is 1.00. The lowest BCUT2D eigenvalue weighted by atomic mass is 10.4. The Bertz CT molecular complexity index is 52.6. The van der Waals surface area contributed by atoms with Crippen LogP contribution in [0.4, 0.5) is 0 Å². The molecule has 0 amide bonds. The third kappa shape index (κ3) is 1.03. The van der Waals surface area contributed by atoms with Crippen molar-refractivity contribution >= 4 is 11.9 Å². The van der Waals surface area contributed by atoms with Crippen LogP contribution in [0.15, 0.2) is 11.5 Å². The molecule has 0 aromatic carbocycles. The molecule has 0 saturated heterocycles. The van der Waals surface area contributed by atoms with E-state index in [4.69, 9.17) is 0 Å². The summed E-state index contributed by atoms with van der Waals surface area (Å²) in [6, 6.07) is 0. The molecule has 1 nitrogen and oxygen atoms in total. The van der Waals surface area contributed by atoms with E-state index < -0.39 is 0 Å². The summed E-state index contributed by atoms with van der Waals surface area (Å²) in [6.45, 7) is 1.00. The van der Waals surface area contributed by atoms with Gasteiger partial charge in [0.25, 0.3) is 0 Å². The smallest absolute Gasteiger partial charge is 0.0295 e. The van der Waals surface area contributed by atoms with Gasteiger partial charge in [-0.3, -0.25) is 0 Å². The van der Waals surface area contributed by atoms with E-state index >= 15 is 0 Å². The van der Waals surface area contributed by atoms with Crippen LogP contribution in [0.1, 0.15) is 6.42 Å². The summed E-state index contributed by atoms with van der Waals surface area (Å²) in [5.41, 5.74) is 0. The number of hydrogen-bond donors (Lipinski definition) is 0. The van der Waals surface area contributed by atoms with E-state index in [0.717, 1.165) is 13.0 Å². The Hall–Kier alpha value is 0.0500. The molecule has 0 aromatic rings. The molecule has 0 spiro atoms. The highest BCUT2D eigenvalue weighted by molar-refractivity contribution is 8.00. The van der Waals surface area contributed by atoms with Gasteiger partial charge in [0.1, 0.15) is 0 Å². The monoisotopic (exact) mass is 100 g/mol. The van der Waals surface area contributed by atoms with E-state index in [1.54, 1.807) is 0 Å². The van der Waals surface area contributed by atoms with Crippen molar-refractivity contribution in [3.8, 4) is 0 Å². The second kappa shape index (κ2) is 2.26. The molecular weight excluding hydrogens is 94.1 g/mol. The van der Waals surface area contributed by atoms with Crippen molar-refractivity contribution in [1.82, 2.24) is 4.72 Å². The van der Waals surface area contributed by atoms with Crippen molar-refractivity contribution in [3.63, 3.8) is 0 Å². The molecule has 0 aliphatic carbocycles. The standard InChI is InChI=1S/C4H6NS/c1-2-4-6-5-3-1/h2,4H,1,3H2. The van der Waals surface area contributed by atoms with Gasteiger partial charge >= 0.3 is 0 Å². The van der Waals surface area contributed by atoms with E-state index in [-0.39, 0.29) is 0 Å². The highest BCUT2D eigenvalue weighted by atomic mass is 32.2. The lowest BCUT2D eigenvalue weighted by molar-refractivity contribution is 0.919. The quantitative estimate of drug-likeness (QED) is 0.416. The molecule has 1 rings (SSSR count). The maximum Gasteiger partial charge on any atom is 0.0295 e. The van der Waals surface area contributed by atoms with E-state index in [0.29, 0.717) is 0 Å². The van der Waals surface area contributed by atoms with E-state index in [1.807, 2.05) is 5.41 Å². The Morgan fingerprint density at radius 2 is 2.67 bits per heavy atom. The van der Waals surface area contributed by atoms with Crippen molar-refractivity contribution in [2.24, 2.45) is 0 Å². The number of nitrogens with zero attached hydrogens (tertiary/aromatic N) is 1. The molecule has 1 heterocycles. The molecule has 1 aliphatic rings. The first-order valence-electron chi connectivity index (χ1n) is 1.98. The average molecular weight is 100 g/mol. The molecular formula is C4H6NS. The summed E-state index contributed by atoms with van der Waals surface area (Å²) in [5, 5.41) is 2.02. The van der Waals surface area contributed by atoms with Crippen LogP contribution in [0.3, 0.4) is 0 Å². The second-order valence-electron chi connectivity index (χ2n) is 1.12. The van der Waals surface area contributed by atoms with Gasteiger partial charge < -0.3 is 0 Å². The van der Waals surface area contributed by atoms with Crippen LogP contribution in [-0.2, 0) is 0 Å². The number of rotatable bonds is 0. The van der Waals surface area contributed by atoms with E-state index in [9.17, 15) is 0 Å². The molecule has 0 unspecified atom stereocenters. The zero-order chi connectivity index (χ0) is 4.24. The van der Waals surface area contributed by atoms with Crippen LogP contribution in [0.2, 0.25) is 0 Å². The van der Waals surface area contributed by atoms with Gasteiger partial charge in [-0.1, -0.05) is 6.08 Å². The summed E-state index contributed by atoms with van der Waals surface area (Å²) in [6.07, 6.45) is 3.27. The van der Waals surface area contributed by atoms with Gasteiger partial charge in [0.15, 0.2) is 0 Å². The zero-order valence-corrected chi connectivity index (χ0v) is 4.24. The predicted molar refractivity (Wildman–Crippen MR) is 28.3 cm³/mol. The fraction of sp³-hybridized carbons (Fsp3) is 0.500. The molecule has 6 heavy (non-hydrogen) atoms. The van der Waals surface area contributed by atoms with Crippen molar-refractivity contribution in [3.05, 3.63) is 11.5 Å². The van der Waals surface area contributed by atoms with Crippen molar-refractivity contribution in [2.45, 2.75) is 6.42 Å². The van der Waals surface area contributed by atoms with Crippen LogP contribution in [-0.4, -0.2) is 6.54 Å². The summed E-state index contributed by atoms with van der Waals surface area (Å²) in [5.74, 6) is 0. The summed E-state index contributed by atoms with van der Waals surface area (Å²) in [4.78, 5) is 0. The fourth-order valence-corrected chi connectivity index (χ4v) is 0.853. The Morgan fingerprint density at radius 3 is 2.83 bits per heavy atom. The minimum absolute atomic E-state index is 1.00. The number of hydrogen-bond acceptors (Lipinski definition) is 1. The van der Waals surface area contributed by atoms with Crippen molar-refractivity contribution in [2.75, 3.05) is 6.54 Å². The van der Waals surface area contributed by atoms with Crippen LogP contribution >= 0.6 is 11.9 Å². The third-order valence-corrected chi connectivity index (χ3v) is 1.26. The Labute approximate surface area is 41.9 Å². The first-order chi connectivity index (χ1) is 3.00. The van der Waals surface area contributed by atoms with Crippen molar-refractivity contribution < 1.29 is 0 Å². The van der Waals surface area contributed by atoms with E-state index in [2.05, 4.69) is 10.8 Å². The molecule has 0 atom stereocenters. The molecule has 0 bridgehead atoms. The largest absolute Gasteiger partial charge is 0.170 e. The van der Waals surface area contributed by atoms with Gasteiger partial charge in [-0.25, -0.2) is 0 Å². The van der Waals surface area contributed by atoms with Gasteiger partial charge in [-0.2, -0.15) is 4.72 Å². The molecule has 1 aliphatic heterocycles. The first kappa shape index (κ1) is 4.22. The van der Waals surface area contributed by atoms with Crippen LogP contribution in [0, 0.1) is 0 Å². The van der Waals surface area contributed by atoms with Gasteiger partial charge in [0.2, 0.25) is 0 Å². The molecule has 2 heteroatoms. The normalized spacial score (nSPS) is 21.3. The van der Waals surface area contributed by atoms with Crippen molar-refractivity contribution in [1.29, 1.82) is 0 Å². The molecule has 33 valence electrons. The topological polar surface area (TPSA) is 14.1 Å². The molecule has 1 radical (unpaired) electrons. The first-order valence-corrected chi connectivity index (χ1v) is 2.81. The highest BCUT2D eigenvalue weighted by Gasteiger charge is 1.87. The van der Waals surface area contributed by atoms with Gasteiger partial charge in [0, 0.05) is 6.54 Å². The summed E-state index contributed by atoms with van der Waals surface area (Å²) in [7, 11) is 0. The Balaban J connectivity index is 2.26. The minimum Gasteiger partial charge on any atom is -0.170 e. The molecule has 0 fully saturated rings. The van der Waals surface area contributed by atoms with Crippen LogP contribution in [0.5, 0.6) is 0 Å². The Morgan fingerprint density at radius 1 is 1.67 bits per heavy atom. The summed E-state index contributed by atoms with van der Waals surface area (Å²) < 4.78 is 4.01. The lowest BCUT2D eigenvalue weighted by Gasteiger charge is -1.97. The van der Waals surface area contributed by atoms with Gasteiger partial charge in [-0.15, -0.1) is 0 Å². The average Bonchev–Trinajstić information content (AvgIpc) is 1.72. The summed E-state index contributed by atoms with van der Waals surface area (Å²) >= 11 is 1.54. The second-order valence-corrected chi connectivity index (χ2v) is 1.86. The fourth-order valence-electron chi connectivity index (χ4n) is 0.334. The molecule has 0 N–H and O–H groups in total. The van der Waals surface area contributed by atoms with Gasteiger partial charge in [0.05, 0.1) is 0 Å². The van der Waals surface area contributed by atoms with E-state index in [1.165, 1.54) is 11.9 Å². The molecule has 0 saturated carbocycles. The highest BCUT2D eigenvalue weighted by Crippen LogP contribution is 2.04.